The first-order valence-corrected chi connectivity index (χ1v) is 39.5. The van der Waals surface area contributed by atoms with Crippen LogP contribution < -0.4 is 14.2 Å². The Kier molecular flexibility index (Phi) is 29.1. The van der Waals surface area contributed by atoms with Gasteiger partial charge in [0.1, 0.15) is 104 Å². The van der Waals surface area contributed by atoms with E-state index in [4.69, 9.17) is 52.1 Å². The number of aliphatic carboxylic acids is 3. The van der Waals surface area contributed by atoms with Gasteiger partial charge in [-0.2, -0.15) is 89.9 Å². The van der Waals surface area contributed by atoms with Crippen LogP contribution in [0.25, 0.3) is 0 Å². The first-order chi connectivity index (χ1) is 47.5. The molecule has 0 aliphatic carbocycles. The number of carboxylic acid groups (broad SMARTS) is 3. The second kappa shape index (κ2) is 34.0. The van der Waals surface area contributed by atoms with E-state index in [1.165, 1.54) is 4.72 Å². The molecule has 6 aliphatic heterocycles. The van der Waals surface area contributed by atoms with E-state index in [9.17, 15) is 182 Å². The predicted octanol–water partition coefficient (Wildman–Crippen LogP) is -15.5. The highest BCUT2D eigenvalue weighted by Gasteiger charge is 2.62. The Morgan fingerprint density at radius 3 is 0.952 bits per heavy atom. The van der Waals surface area contributed by atoms with Gasteiger partial charge in [-0.25, -0.2) is 39.5 Å². The maximum Gasteiger partial charge on any atom is 0.397 e. The topological polar surface area (TPSA) is 936 Å². The molecule has 0 spiro atoms. The number of hydrogen-bond acceptors (Lipinski definition) is 45. The zero-order valence-electron chi connectivity index (χ0n) is 50.0. The van der Waals surface area contributed by atoms with Gasteiger partial charge in [0.2, 0.25) is 12.0 Å². The summed E-state index contributed by atoms with van der Waals surface area (Å²) in [7, 11) is -53.4. The molecule has 5 saturated heterocycles. The lowest BCUT2D eigenvalue weighted by Gasteiger charge is -2.50. The lowest BCUT2D eigenvalue weighted by Crippen LogP contribution is -2.71. The van der Waals surface area contributed by atoms with Crippen molar-refractivity contribution < 1.29 is 259 Å². The van der Waals surface area contributed by atoms with E-state index in [0.717, 1.165) is 9.44 Å². The molecule has 0 saturated carbocycles. The Bertz CT molecular complexity index is 4220. The molecule has 0 amide bonds. The predicted molar refractivity (Wildman–Crippen MR) is 299 cm³/mol. The number of carbonyl (C=O) groups is 3. The van der Waals surface area contributed by atoms with Gasteiger partial charge in [-0.1, -0.05) is 0 Å². The van der Waals surface area contributed by atoms with Crippen molar-refractivity contribution in [3.63, 3.8) is 0 Å². The number of nitrogens with one attached hydrogen (secondary N) is 3. The number of rotatable bonds is 34. The number of carboxylic acids is 3. The second-order valence-corrected chi connectivity index (χ2v) is 31.4. The quantitative estimate of drug-likeness (QED) is 0.0266. The third-order valence-electron chi connectivity index (χ3n) is 14.1. The molecule has 69 heteroatoms. The molecule has 0 radical (unpaired) electrons. The van der Waals surface area contributed by atoms with Crippen molar-refractivity contribution in [1.29, 1.82) is 0 Å². The summed E-state index contributed by atoms with van der Waals surface area (Å²) in [5, 5.41) is 110. The van der Waals surface area contributed by atoms with E-state index in [1.54, 1.807) is 0 Å². The average Bonchev–Trinajstić information content (AvgIpc) is 0.761. The lowest BCUT2D eigenvalue weighted by molar-refractivity contribution is -0.374. The van der Waals surface area contributed by atoms with Gasteiger partial charge in [0.15, 0.2) is 62.0 Å². The summed E-state index contributed by atoms with van der Waals surface area (Å²) in [5.74, 6) is -8.65. The Labute approximate surface area is 585 Å². The van der Waals surface area contributed by atoms with Crippen LogP contribution in [0.1, 0.15) is 0 Å². The summed E-state index contributed by atoms with van der Waals surface area (Å²) < 4.78 is 391. The number of aliphatic hydroxyl groups excluding tert-OH is 7. The summed E-state index contributed by atoms with van der Waals surface area (Å²) in [6.45, 7) is -5.55. The SMILES string of the molecule is O=C(O)C1=CC(O)C(OS(=O)(=O)O)C(OC2C(COS(=O)(=O)O)OC(OC3C(C(=O)O)OC(OC4C(COS(=O)(=O)O)OC(OC5C(C(=O)O)OC(OC6C(COS(=O)(=O)O)OC(O)C(NS(=O)(=O)O)C6O)C(OS(=O)(=O)O)C5O)C(NS(=O)(=O)O)C4O)C(OS(=O)(=O)O)C3O)C(NS(=O)(=O)O)C2O)O1. The van der Waals surface area contributed by atoms with Crippen LogP contribution in [0.4, 0.5) is 0 Å². The van der Waals surface area contributed by atoms with Crippen LogP contribution in [0.2, 0.25) is 0 Å². The minimum atomic E-state index is -6.33. The average molecular weight is 1730 g/mol. The summed E-state index contributed by atoms with van der Waals surface area (Å²) in [6, 6.07) is -8.77. The van der Waals surface area contributed by atoms with E-state index in [1.807, 2.05) is 0 Å². The molecular weight excluding hydrogens is 1670 g/mol. The summed E-state index contributed by atoms with van der Waals surface area (Å²) >= 11 is 0. The third kappa shape index (κ3) is 26.1. The highest BCUT2D eigenvalue weighted by molar-refractivity contribution is 7.84. The fourth-order valence-corrected chi connectivity index (χ4v) is 14.4. The largest absolute Gasteiger partial charge is 0.479 e. The molecule has 0 bridgehead atoms. The molecule has 22 N–H and O–H groups in total. The van der Waals surface area contributed by atoms with Gasteiger partial charge in [-0.3, -0.25) is 41.0 Å². The molecule has 5 fully saturated rings. The van der Waals surface area contributed by atoms with Gasteiger partial charge in [-0.15, -0.1) is 0 Å². The van der Waals surface area contributed by atoms with Crippen LogP contribution in [0, 0.1) is 0 Å². The minimum absolute atomic E-state index is 0.198. The van der Waals surface area contributed by atoms with Crippen LogP contribution in [0.3, 0.4) is 0 Å². The molecular formula is C36H57N3O57S9. The van der Waals surface area contributed by atoms with E-state index in [2.05, 4.69) is 25.1 Å². The molecule has 105 heavy (non-hydrogen) atoms. The Hall–Kier alpha value is -3.90. The molecule has 612 valence electrons. The number of ether oxygens (including phenoxy) is 11. The molecule has 28 atom stereocenters. The number of hydrogen-bond donors (Lipinski definition) is 22. The van der Waals surface area contributed by atoms with Crippen molar-refractivity contribution in [3.05, 3.63) is 11.8 Å². The molecule has 6 aliphatic rings. The summed E-state index contributed by atoms with van der Waals surface area (Å²) in [6.07, 6.45) is -75.9. The monoisotopic (exact) mass is 1730 g/mol. The van der Waals surface area contributed by atoms with Gasteiger partial charge in [-0.05, 0) is 6.08 Å². The van der Waals surface area contributed by atoms with Crippen LogP contribution in [0.15, 0.2) is 11.8 Å². The van der Waals surface area contributed by atoms with Crippen LogP contribution >= 0.6 is 0 Å². The smallest absolute Gasteiger partial charge is 0.397 e. The molecule has 28 unspecified atom stereocenters. The Balaban J connectivity index is 1.41. The van der Waals surface area contributed by atoms with Crippen LogP contribution in [-0.4, -0.2) is 377 Å². The normalized spacial score (nSPS) is 38.1. The van der Waals surface area contributed by atoms with E-state index >= 15 is 0 Å². The molecule has 0 aromatic carbocycles. The Morgan fingerprint density at radius 2 is 0.648 bits per heavy atom. The van der Waals surface area contributed by atoms with Gasteiger partial charge in [0, 0.05) is 0 Å². The van der Waals surface area contributed by atoms with Crippen molar-refractivity contribution >= 4 is 111 Å². The highest BCUT2D eigenvalue weighted by atomic mass is 32.3. The second-order valence-electron chi connectivity index (χ2n) is 21.4. The van der Waals surface area contributed by atoms with Gasteiger partial charge >= 0.3 is 111 Å². The van der Waals surface area contributed by atoms with Crippen LogP contribution in [0.5, 0.6) is 0 Å². The molecule has 6 heterocycles. The van der Waals surface area contributed by atoms with Crippen molar-refractivity contribution in [1.82, 2.24) is 14.2 Å². The Morgan fingerprint density at radius 1 is 0.352 bits per heavy atom. The van der Waals surface area contributed by atoms with Gasteiger partial charge < -0.3 is 103 Å². The third-order valence-corrected chi connectivity index (χ3v) is 18.5. The van der Waals surface area contributed by atoms with Gasteiger partial charge in [0.05, 0.1) is 19.8 Å². The highest BCUT2D eigenvalue weighted by Crippen LogP contribution is 2.39. The molecule has 60 nitrogen and oxygen atoms in total. The number of aliphatic hydroxyl groups is 7. The summed E-state index contributed by atoms with van der Waals surface area (Å²) in [5.41, 5.74) is 0. The van der Waals surface area contributed by atoms with Crippen molar-refractivity contribution in [3.8, 4) is 0 Å². The van der Waals surface area contributed by atoms with Crippen molar-refractivity contribution in [2.75, 3.05) is 19.8 Å². The van der Waals surface area contributed by atoms with Crippen molar-refractivity contribution in [2.45, 2.75) is 172 Å². The zero-order chi connectivity index (χ0) is 79.9. The maximum absolute atomic E-state index is 13.2. The zero-order valence-corrected chi connectivity index (χ0v) is 57.4. The maximum atomic E-state index is 13.2. The van der Waals surface area contributed by atoms with E-state index in [0.29, 0.717) is 0 Å². The summed E-state index contributed by atoms with van der Waals surface area (Å²) in [4.78, 5) is 38.0. The van der Waals surface area contributed by atoms with Crippen molar-refractivity contribution in [2.24, 2.45) is 0 Å². The fraction of sp³-hybridized carbons (Fsp3) is 0.861. The first kappa shape index (κ1) is 90.0. The first-order valence-electron chi connectivity index (χ1n) is 26.9. The van der Waals surface area contributed by atoms with E-state index < -0.39 is 309 Å². The minimum Gasteiger partial charge on any atom is -0.479 e. The lowest BCUT2D eigenvalue weighted by atomic mass is 9.94. The molecule has 0 aromatic rings. The van der Waals surface area contributed by atoms with Crippen LogP contribution in [-0.2, 0) is 185 Å². The van der Waals surface area contributed by atoms with Gasteiger partial charge in [0.25, 0.3) is 0 Å². The molecule has 6 rings (SSSR count). The standard InChI is InChI=1S/C36H57N3O57S9/c40-5-1-6(28(46)47)84-34(18(5)94-103(71,72)73)87-20-8(3-81-101(65,66)67)85-32(11(14(20)42)38-98(56,57)58)90-23-17(45)25(96-105(77,78)79)36(93-27(23)30(50)51)89-21-9(4-82-102(68,69)70)86-33(12(15(21)43)39-99(59,60)61)91-22-16(44)24(95-104(74,75)76)35(92-26(22)29(48)49)88-19-7(2-80-100(62,63)64)83-31(52)10(13(19)41)37-97(53,54)55/h1,5,7-27,31-45,52H,2-4H2,(H,46,47)(H,48,49)(H,50,51)(H,53,54,55)(H,56,57,58)(H,59,60,61)(H,62,63,64)(H,65,66,67)(H,68,69,70)(H,71,72,73)(H,74,75,76)(H,77,78,79). The molecule has 0 aromatic heterocycles. The van der Waals surface area contributed by atoms with E-state index in [-0.39, 0.29) is 6.08 Å². The fourth-order valence-electron chi connectivity index (χ4n) is 10.2.